The van der Waals surface area contributed by atoms with E-state index >= 15 is 0 Å². The SMILES string of the molecule is N[C@@H](C[C@@H](c1ccc(F)cc1)N1CCCC1)C(=O)O. The number of rotatable bonds is 5. The zero-order valence-electron chi connectivity index (χ0n) is 10.8. The van der Waals surface area contributed by atoms with Gasteiger partial charge in [-0.3, -0.25) is 9.69 Å². The molecule has 0 bridgehead atoms. The van der Waals surface area contributed by atoms with Crippen LogP contribution in [0.3, 0.4) is 0 Å². The zero-order chi connectivity index (χ0) is 13.8. The molecule has 104 valence electrons. The molecule has 1 aliphatic rings. The van der Waals surface area contributed by atoms with Crippen molar-refractivity contribution in [3.05, 3.63) is 35.6 Å². The van der Waals surface area contributed by atoms with E-state index in [9.17, 15) is 9.18 Å². The minimum absolute atomic E-state index is 0.0470. The Morgan fingerprint density at radius 1 is 1.32 bits per heavy atom. The van der Waals surface area contributed by atoms with E-state index < -0.39 is 12.0 Å². The van der Waals surface area contributed by atoms with Crippen molar-refractivity contribution < 1.29 is 14.3 Å². The summed E-state index contributed by atoms with van der Waals surface area (Å²) in [6.07, 6.45) is 2.57. The van der Waals surface area contributed by atoms with Crippen LogP contribution in [0.25, 0.3) is 0 Å². The minimum Gasteiger partial charge on any atom is -0.480 e. The van der Waals surface area contributed by atoms with Crippen LogP contribution in [0.15, 0.2) is 24.3 Å². The minimum atomic E-state index is -0.994. The van der Waals surface area contributed by atoms with E-state index in [4.69, 9.17) is 10.8 Å². The van der Waals surface area contributed by atoms with E-state index in [2.05, 4.69) is 4.90 Å². The highest BCUT2D eigenvalue weighted by Crippen LogP contribution is 2.29. The number of aliphatic carboxylic acids is 1. The lowest BCUT2D eigenvalue weighted by molar-refractivity contribution is -0.139. The van der Waals surface area contributed by atoms with Gasteiger partial charge in [0.1, 0.15) is 11.9 Å². The largest absolute Gasteiger partial charge is 0.480 e. The quantitative estimate of drug-likeness (QED) is 0.852. The Balaban J connectivity index is 2.17. The molecule has 0 saturated carbocycles. The molecule has 0 aromatic heterocycles. The van der Waals surface area contributed by atoms with E-state index in [0.29, 0.717) is 6.42 Å². The monoisotopic (exact) mass is 266 g/mol. The Kier molecular flexibility index (Phi) is 4.50. The average Bonchev–Trinajstić information content (AvgIpc) is 2.90. The summed E-state index contributed by atoms with van der Waals surface area (Å²) < 4.78 is 13.0. The Hall–Kier alpha value is -1.46. The number of nitrogens with two attached hydrogens (primary N) is 1. The predicted octanol–water partition coefficient (Wildman–Crippen LogP) is 1.76. The first-order chi connectivity index (χ1) is 9.08. The van der Waals surface area contributed by atoms with Crippen molar-refractivity contribution in [1.82, 2.24) is 4.90 Å². The Morgan fingerprint density at radius 3 is 2.42 bits per heavy atom. The molecule has 2 rings (SSSR count). The maximum atomic E-state index is 13.0. The maximum absolute atomic E-state index is 13.0. The molecular weight excluding hydrogens is 247 g/mol. The summed E-state index contributed by atoms with van der Waals surface area (Å²) in [6, 6.07) is 5.31. The zero-order valence-corrected chi connectivity index (χ0v) is 10.8. The molecule has 1 fully saturated rings. The smallest absolute Gasteiger partial charge is 0.320 e. The van der Waals surface area contributed by atoms with Gasteiger partial charge in [-0.25, -0.2) is 4.39 Å². The number of hydrogen-bond acceptors (Lipinski definition) is 3. The van der Waals surface area contributed by atoms with Crippen LogP contribution in [0.4, 0.5) is 4.39 Å². The summed E-state index contributed by atoms with van der Waals surface area (Å²) in [6.45, 7) is 1.88. The van der Waals surface area contributed by atoms with Gasteiger partial charge in [0.2, 0.25) is 0 Å². The number of hydrogen-bond donors (Lipinski definition) is 2. The summed E-state index contributed by atoms with van der Waals surface area (Å²) in [5.41, 5.74) is 6.58. The number of carbonyl (C=O) groups is 1. The molecule has 1 aromatic rings. The Labute approximate surface area is 112 Å². The molecule has 5 heteroatoms. The standard InChI is InChI=1S/C14H19FN2O2/c15-11-5-3-10(4-6-11)13(9-12(16)14(18)19)17-7-1-2-8-17/h3-6,12-13H,1-2,7-9,16H2,(H,18,19)/t12-,13-/m0/s1. The van der Waals surface area contributed by atoms with E-state index in [-0.39, 0.29) is 11.9 Å². The first-order valence-electron chi connectivity index (χ1n) is 6.56. The second-order valence-electron chi connectivity index (χ2n) is 4.99. The van der Waals surface area contributed by atoms with E-state index in [1.54, 1.807) is 12.1 Å². The van der Waals surface area contributed by atoms with Crippen molar-refractivity contribution in [2.45, 2.75) is 31.3 Å². The molecule has 0 radical (unpaired) electrons. The Bertz CT molecular complexity index is 430. The molecule has 1 saturated heterocycles. The lowest BCUT2D eigenvalue weighted by Crippen LogP contribution is -2.36. The lowest BCUT2D eigenvalue weighted by atomic mass is 9.98. The van der Waals surface area contributed by atoms with Gasteiger partial charge in [-0.05, 0) is 50.0 Å². The molecule has 3 N–H and O–H groups in total. The van der Waals surface area contributed by atoms with E-state index in [1.807, 2.05) is 0 Å². The molecule has 4 nitrogen and oxygen atoms in total. The molecular formula is C14H19FN2O2. The summed E-state index contributed by atoms with van der Waals surface area (Å²) in [5, 5.41) is 8.96. The first-order valence-corrected chi connectivity index (χ1v) is 6.56. The number of benzene rings is 1. The topological polar surface area (TPSA) is 66.6 Å². The van der Waals surface area contributed by atoms with Crippen LogP contribution in [-0.4, -0.2) is 35.1 Å². The van der Waals surface area contributed by atoms with Gasteiger partial charge in [-0.2, -0.15) is 0 Å². The normalized spacial score (nSPS) is 19.3. The third-order valence-electron chi connectivity index (χ3n) is 3.63. The summed E-state index contributed by atoms with van der Waals surface area (Å²) in [7, 11) is 0. The number of halogens is 1. The van der Waals surface area contributed by atoms with Crippen LogP contribution < -0.4 is 5.73 Å². The molecule has 1 aliphatic heterocycles. The fourth-order valence-corrected chi connectivity index (χ4v) is 2.58. The highest BCUT2D eigenvalue weighted by molar-refractivity contribution is 5.73. The van der Waals surface area contributed by atoms with Crippen LogP contribution in [0, 0.1) is 5.82 Å². The van der Waals surface area contributed by atoms with Gasteiger partial charge in [0, 0.05) is 6.04 Å². The molecule has 0 spiro atoms. The lowest BCUT2D eigenvalue weighted by Gasteiger charge is -2.29. The third-order valence-corrected chi connectivity index (χ3v) is 3.63. The van der Waals surface area contributed by atoms with Gasteiger partial charge >= 0.3 is 5.97 Å². The second kappa shape index (κ2) is 6.12. The Morgan fingerprint density at radius 2 is 1.89 bits per heavy atom. The fraction of sp³-hybridized carbons (Fsp3) is 0.500. The fourth-order valence-electron chi connectivity index (χ4n) is 2.58. The summed E-state index contributed by atoms with van der Waals surface area (Å²) in [4.78, 5) is 13.2. The van der Waals surface area contributed by atoms with Crippen molar-refractivity contribution in [2.75, 3.05) is 13.1 Å². The van der Waals surface area contributed by atoms with E-state index in [0.717, 1.165) is 31.5 Å². The second-order valence-corrected chi connectivity index (χ2v) is 4.99. The van der Waals surface area contributed by atoms with Crippen LogP contribution >= 0.6 is 0 Å². The molecule has 0 aliphatic carbocycles. The molecule has 1 heterocycles. The molecule has 2 atom stereocenters. The van der Waals surface area contributed by atoms with Gasteiger partial charge in [0.25, 0.3) is 0 Å². The highest BCUT2D eigenvalue weighted by Gasteiger charge is 2.27. The van der Waals surface area contributed by atoms with Gasteiger partial charge < -0.3 is 10.8 Å². The van der Waals surface area contributed by atoms with Crippen LogP contribution in [0.1, 0.15) is 30.9 Å². The highest BCUT2D eigenvalue weighted by atomic mass is 19.1. The van der Waals surface area contributed by atoms with E-state index in [1.165, 1.54) is 12.1 Å². The van der Waals surface area contributed by atoms with Crippen molar-refractivity contribution >= 4 is 5.97 Å². The average molecular weight is 266 g/mol. The van der Waals surface area contributed by atoms with Gasteiger partial charge in [0.15, 0.2) is 0 Å². The van der Waals surface area contributed by atoms with Crippen molar-refractivity contribution in [1.29, 1.82) is 0 Å². The predicted molar refractivity (Wildman–Crippen MR) is 70.2 cm³/mol. The van der Waals surface area contributed by atoms with Crippen molar-refractivity contribution in [3.63, 3.8) is 0 Å². The van der Waals surface area contributed by atoms with Gasteiger partial charge in [-0.15, -0.1) is 0 Å². The number of likely N-dealkylation sites (tertiary alicyclic amines) is 1. The first kappa shape index (κ1) is 14.0. The molecule has 19 heavy (non-hydrogen) atoms. The summed E-state index contributed by atoms with van der Waals surface area (Å²) >= 11 is 0. The van der Waals surface area contributed by atoms with Gasteiger partial charge in [-0.1, -0.05) is 12.1 Å². The molecule has 0 amide bonds. The van der Waals surface area contributed by atoms with Crippen molar-refractivity contribution in [2.24, 2.45) is 5.73 Å². The number of carboxylic acid groups (broad SMARTS) is 1. The van der Waals surface area contributed by atoms with Crippen molar-refractivity contribution in [3.8, 4) is 0 Å². The number of nitrogens with zero attached hydrogens (tertiary/aromatic N) is 1. The van der Waals surface area contributed by atoms with Crippen LogP contribution in [0.2, 0.25) is 0 Å². The molecule has 1 aromatic carbocycles. The number of carboxylic acids is 1. The molecule has 0 unspecified atom stereocenters. The third kappa shape index (κ3) is 3.52. The summed E-state index contributed by atoms with van der Waals surface area (Å²) in [5.74, 6) is -1.28. The maximum Gasteiger partial charge on any atom is 0.320 e. The van der Waals surface area contributed by atoms with Crippen LogP contribution in [0.5, 0.6) is 0 Å². The van der Waals surface area contributed by atoms with Crippen LogP contribution in [-0.2, 0) is 4.79 Å². The van der Waals surface area contributed by atoms with Gasteiger partial charge in [0.05, 0.1) is 0 Å².